The van der Waals surface area contributed by atoms with Crippen LogP contribution in [0.2, 0.25) is 0 Å². The second-order valence-electron chi connectivity index (χ2n) is 10.5. The molecular weight excluding hydrogens is 438 g/mol. The maximum atomic E-state index is 11.9. The Kier molecular flexibility index (Phi) is 7.99. The first kappa shape index (κ1) is 24.3. The summed E-state index contributed by atoms with van der Waals surface area (Å²) in [7, 11) is 0. The average molecular weight is 478 g/mol. The summed E-state index contributed by atoms with van der Waals surface area (Å²) in [6.07, 6.45) is 9.84. The number of aromatic nitrogens is 1. The lowest BCUT2D eigenvalue weighted by molar-refractivity contribution is -0.139. The summed E-state index contributed by atoms with van der Waals surface area (Å²) in [6, 6.07) is 12.6. The normalized spacial score (nSPS) is 21.2. The highest BCUT2D eigenvalue weighted by Crippen LogP contribution is 2.40. The van der Waals surface area contributed by atoms with Crippen molar-refractivity contribution in [2.75, 3.05) is 38.1 Å². The smallest absolute Gasteiger partial charge is 0.311 e. The lowest BCUT2D eigenvalue weighted by Crippen LogP contribution is -2.40. The second kappa shape index (κ2) is 11.5. The number of hydrogen-bond acceptors (Lipinski definition) is 5. The Bertz CT molecular complexity index is 989. The Morgan fingerprint density at radius 3 is 2.80 bits per heavy atom. The number of hydrogen-bond donors (Lipinski definition) is 2. The van der Waals surface area contributed by atoms with E-state index in [1.165, 1.54) is 36.1 Å². The topological polar surface area (TPSA) is 74.7 Å². The number of likely N-dealkylation sites (tertiary alicyclic amines) is 1. The first-order valence-electron chi connectivity index (χ1n) is 13.5. The van der Waals surface area contributed by atoms with E-state index in [0.29, 0.717) is 18.9 Å². The molecule has 6 nitrogen and oxygen atoms in total. The number of piperidine rings is 1. The molecule has 35 heavy (non-hydrogen) atoms. The molecule has 3 heterocycles. The lowest BCUT2D eigenvalue weighted by Gasteiger charge is -2.32. The Hall–Kier alpha value is -2.44. The standard InChI is InChI=1S/C29H39N3O3/c33-29(34)27(23-11-9-22(10-12-23)21-7-8-21)15-19-35-26-6-3-18-32(20-26)17-2-5-25-14-13-24-4-1-16-30-28(24)31-25/h9-14,21,26-27H,1-8,15-20H2,(H,30,31)(H,33,34)/t26-,27-/m1/s1. The summed E-state index contributed by atoms with van der Waals surface area (Å²) >= 11 is 0. The quantitative estimate of drug-likeness (QED) is 0.475. The molecule has 5 rings (SSSR count). The SMILES string of the molecule is O=C(O)[C@H](CCO[C@@H]1CCCN(CCCc2ccc3c(n2)NCCC3)C1)c1ccc(C2CC2)cc1. The number of aliphatic carboxylic acids is 1. The number of carboxylic acids is 1. The van der Waals surface area contributed by atoms with Crippen molar-refractivity contribution in [2.24, 2.45) is 0 Å². The maximum Gasteiger partial charge on any atom is 0.311 e. The molecule has 0 radical (unpaired) electrons. The number of anilines is 1. The van der Waals surface area contributed by atoms with Crippen molar-refractivity contribution < 1.29 is 14.6 Å². The van der Waals surface area contributed by atoms with E-state index < -0.39 is 11.9 Å². The number of pyridine rings is 1. The van der Waals surface area contributed by atoms with Crippen LogP contribution in [0.25, 0.3) is 0 Å². The third-order valence-electron chi connectivity index (χ3n) is 7.77. The molecule has 1 aromatic carbocycles. The molecule has 2 atom stereocenters. The number of benzene rings is 1. The summed E-state index contributed by atoms with van der Waals surface area (Å²) in [5.74, 6) is 0.514. The van der Waals surface area contributed by atoms with E-state index in [9.17, 15) is 9.90 Å². The molecule has 1 aromatic heterocycles. The van der Waals surface area contributed by atoms with Gasteiger partial charge in [-0.2, -0.15) is 0 Å². The van der Waals surface area contributed by atoms with E-state index in [1.54, 1.807) is 0 Å². The molecule has 2 fully saturated rings. The van der Waals surface area contributed by atoms with E-state index in [4.69, 9.17) is 9.72 Å². The fourth-order valence-electron chi connectivity index (χ4n) is 5.55. The molecule has 2 N–H and O–H groups in total. The zero-order valence-electron chi connectivity index (χ0n) is 20.8. The van der Waals surface area contributed by atoms with Gasteiger partial charge in [0, 0.05) is 25.4 Å². The molecule has 188 valence electrons. The molecule has 2 aliphatic heterocycles. The van der Waals surface area contributed by atoms with Crippen molar-refractivity contribution in [3.63, 3.8) is 0 Å². The van der Waals surface area contributed by atoms with Crippen LogP contribution in [0.3, 0.4) is 0 Å². The monoisotopic (exact) mass is 477 g/mol. The first-order chi connectivity index (χ1) is 17.2. The fraction of sp³-hybridized carbons (Fsp3) is 0.586. The number of carboxylic acid groups (broad SMARTS) is 1. The molecule has 0 spiro atoms. The molecule has 6 heteroatoms. The summed E-state index contributed by atoms with van der Waals surface area (Å²) in [6.45, 7) is 4.62. The third kappa shape index (κ3) is 6.62. The van der Waals surface area contributed by atoms with Crippen molar-refractivity contribution in [1.82, 2.24) is 9.88 Å². The van der Waals surface area contributed by atoms with E-state index in [2.05, 4.69) is 34.5 Å². The predicted octanol–water partition coefficient (Wildman–Crippen LogP) is 4.99. The van der Waals surface area contributed by atoms with Crippen LogP contribution < -0.4 is 5.32 Å². The third-order valence-corrected chi connectivity index (χ3v) is 7.77. The summed E-state index contributed by atoms with van der Waals surface area (Å²) < 4.78 is 6.19. The van der Waals surface area contributed by atoms with E-state index in [0.717, 1.165) is 69.7 Å². The molecule has 1 saturated carbocycles. The van der Waals surface area contributed by atoms with Crippen LogP contribution in [0, 0.1) is 0 Å². The van der Waals surface area contributed by atoms with Crippen LogP contribution in [0.4, 0.5) is 5.82 Å². The second-order valence-corrected chi connectivity index (χ2v) is 10.5. The van der Waals surface area contributed by atoms with Gasteiger partial charge in [0.05, 0.1) is 12.0 Å². The number of rotatable bonds is 11. The van der Waals surface area contributed by atoms with E-state index in [-0.39, 0.29) is 6.10 Å². The molecule has 1 saturated heterocycles. The summed E-state index contributed by atoms with van der Waals surface area (Å²) in [5.41, 5.74) is 4.75. The lowest BCUT2D eigenvalue weighted by atomic mass is 9.94. The van der Waals surface area contributed by atoms with Gasteiger partial charge in [-0.15, -0.1) is 0 Å². The summed E-state index contributed by atoms with van der Waals surface area (Å²) in [5, 5.41) is 13.2. The van der Waals surface area contributed by atoms with Crippen molar-refractivity contribution in [3.05, 3.63) is 58.8 Å². The van der Waals surface area contributed by atoms with Crippen LogP contribution in [0.5, 0.6) is 0 Å². The first-order valence-corrected chi connectivity index (χ1v) is 13.5. The Morgan fingerprint density at radius 1 is 1.14 bits per heavy atom. The highest BCUT2D eigenvalue weighted by atomic mass is 16.5. The van der Waals surface area contributed by atoms with Crippen molar-refractivity contribution >= 4 is 11.8 Å². The zero-order valence-corrected chi connectivity index (χ0v) is 20.8. The van der Waals surface area contributed by atoms with Crippen molar-refractivity contribution in [1.29, 1.82) is 0 Å². The van der Waals surface area contributed by atoms with E-state index >= 15 is 0 Å². The van der Waals surface area contributed by atoms with E-state index in [1.807, 2.05) is 12.1 Å². The number of nitrogens with one attached hydrogen (secondary N) is 1. The molecule has 0 bridgehead atoms. The molecule has 1 aliphatic carbocycles. The van der Waals surface area contributed by atoms with Crippen molar-refractivity contribution in [2.45, 2.75) is 75.7 Å². The Labute approximate surface area is 209 Å². The Morgan fingerprint density at radius 2 is 2.00 bits per heavy atom. The number of fused-ring (bicyclic) bond motifs is 1. The zero-order chi connectivity index (χ0) is 24.0. The van der Waals surface area contributed by atoms with Gasteiger partial charge in [-0.05, 0) is 99.6 Å². The fourth-order valence-corrected chi connectivity index (χ4v) is 5.55. The molecular formula is C29H39N3O3. The van der Waals surface area contributed by atoms with Crippen LogP contribution in [0.1, 0.15) is 79.2 Å². The highest BCUT2D eigenvalue weighted by molar-refractivity contribution is 5.76. The Balaban J connectivity index is 1.04. The van der Waals surface area contributed by atoms with Gasteiger partial charge >= 0.3 is 5.97 Å². The number of ether oxygens (including phenoxy) is 1. The maximum absolute atomic E-state index is 11.9. The van der Waals surface area contributed by atoms with Gasteiger partial charge in [-0.3, -0.25) is 4.79 Å². The minimum absolute atomic E-state index is 0.196. The van der Waals surface area contributed by atoms with Crippen LogP contribution >= 0.6 is 0 Å². The largest absolute Gasteiger partial charge is 0.481 e. The van der Waals surface area contributed by atoms with Crippen molar-refractivity contribution in [3.8, 4) is 0 Å². The molecule has 0 amide bonds. The number of aryl methyl sites for hydroxylation is 2. The number of nitrogens with zero attached hydrogens (tertiary/aromatic N) is 2. The highest BCUT2D eigenvalue weighted by Gasteiger charge is 2.26. The average Bonchev–Trinajstić information content (AvgIpc) is 3.73. The predicted molar refractivity (Wildman–Crippen MR) is 138 cm³/mol. The van der Waals surface area contributed by atoms with Gasteiger partial charge in [0.2, 0.25) is 0 Å². The van der Waals surface area contributed by atoms with Gasteiger partial charge in [0.25, 0.3) is 0 Å². The minimum atomic E-state index is -0.760. The van der Waals surface area contributed by atoms with Gasteiger partial charge in [0.15, 0.2) is 0 Å². The molecule has 3 aliphatic rings. The molecule has 2 aromatic rings. The van der Waals surface area contributed by atoms with Crippen LogP contribution in [0.15, 0.2) is 36.4 Å². The van der Waals surface area contributed by atoms with Crippen LogP contribution in [-0.4, -0.2) is 59.8 Å². The van der Waals surface area contributed by atoms with Crippen LogP contribution in [-0.2, 0) is 22.4 Å². The van der Waals surface area contributed by atoms with Gasteiger partial charge < -0.3 is 20.1 Å². The van der Waals surface area contributed by atoms with Gasteiger partial charge in [-0.1, -0.05) is 30.3 Å². The van der Waals surface area contributed by atoms with Gasteiger partial charge in [-0.25, -0.2) is 4.98 Å². The molecule has 0 unspecified atom stereocenters. The minimum Gasteiger partial charge on any atom is -0.481 e. The summed E-state index contributed by atoms with van der Waals surface area (Å²) in [4.78, 5) is 19.2. The number of carbonyl (C=O) groups is 1. The van der Waals surface area contributed by atoms with Gasteiger partial charge in [0.1, 0.15) is 5.82 Å².